The fraction of sp³-hybridized carbons (Fsp3) is 0.300. The van der Waals surface area contributed by atoms with E-state index in [1.54, 1.807) is 24.3 Å². The summed E-state index contributed by atoms with van der Waals surface area (Å²) in [4.78, 5) is 16.6. The molecule has 1 heterocycles. The van der Waals surface area contributed by atoms with E-state index in [0.717, 1.165) is 0 Å². The van der Waals surface area contributed by atoms with Crippen LogP contribution in [0.3, 0.4) is 0 Å². The standard InChI is InChI=1S/C20H21ClFN3O3/c21-14-5-2-1-4-13(14)20(11-26)9-3-6-17(22)28-19(25-20)18(24)12-7-8-16(27)15(23)10-12/h1-2,4-5,7-8,10-11,17-18,27H,3,6,9,23-24H2/b25-19-. The van der Waals surface area contributed by atoms with Crippen molar-refractivity contribution in [2.75, 3.05) is 5.73 Å². The molecule has 0 radical (unpaired) electrons. The van der Waals surface area contributed by atoms with Gasteiger partial charge in [0, 0.05) is 17.0 Å². The van der Waals surface area contributed by atoms with E-state index in [9.17, 15) is 14.3 Å². The number of hydrogen-bond acceptors (Lipinski definition) is 6. The lowest BCUT2D eigenvalue weighted by Gasteiger charge is -2.31. The number of carbonyl (C=O) groups excluding carboxylic acids is 1. The molecule has 8 heteroatoms. The molecule has 0 bridgehead atoms. The number of halogens is 2. The topological polar surface area (TPSA) is 111 Å². The number of nitrogen functional groups attached to an aromatic ring is 1. The van der Waals surface area contributed by atoms with Crippen molar-refractivity contribution in [2.45, 2.75) is 37.2 Å². The molecule has 2 aromatic carbocycles. The second-order valence-electron chi connectivity index (χ2n) is 6.69. The third kappa shape index (κ3) is 3.95. The normalized spacial score (nSPS) is 25.5. The summed E-state index contributed by atoms with van der Waals surface area (Å²) < 4.78 is 19.5. The number of phenolic OH excluding ortho intramolecular Hbond substituents is 1. The van der Waals surface area contributed by atoms with Gasteiger partial charge in [0.25, 0.3) is 0 Å². The number of nitrogens with two attached hydrogens (primary N) is 2. The van der Waals surface area contributed by atoms with Crippen molar-refractivity contribution in [1.29, 1.82) is 0 Å². The van der Waals surface area contributed by atoms with Crippen LogP contribution >= 0.6 is 11.6 Å². The molecule has 3 rings (SSSR count). The Kier molecular flexibility index (Phi) is 5.86. The predicted molar refractivity (Wildman–Crippen MR) is 106 cm³/mol. The maximum Gasteiger partial charge on any atom is 0.240 e. The number of hydrogen-bond donors (Lipinski definition) is 3. The molecule has 148 valence electrons. The Hall–Kier alpha value is -2.64. The Morgan fingerprint density at radius 3 is 2.79 bits per heavy atom. The number of anilines is 1. The van der Waals surface area contributed by atoms with Crippen LogP contribution in [0.2, 0.25) is 5.02 Å². The third-order valence-electron chi connectivity index (χ3n) is 4.76. The van der Waals surface area contributed by atoms with Crippen LogP contribution in [0, 0.1) is 0 Å². The minimum absolute atomic E-state index is 0.0868. The molecule has 3 atom stereocenters. The first-order chi connectivity index (χ1) is 13.4. The Morgan fingerprint density at radius 1 is 1.36 bits per heavy atom. The zero-order chi connectivity index (χ0) is 20.3. The highest BCUT2D eigenvalue weighted by atomic mass is 35.5. The number of nitrogens with zero attached hydrogens (tertiary/aromatic N) is 1. The van der Waals surface area contributed by atoms with E-state index in [1.165, 1.54) is 18.2 Å². The van der Waals surface area contributed by atoms with Crippen LogP contribution in [0.5, 0.6) is 5.75 Å². The van der Waals surface area contributed by atoms with Gasteiger partial charge in [-0.25, -0.2) is 9.38 Å². The van der Waals surface area contributed by atoms with E-state index in [0.29, 0.717) is 28.9 Å². The maximum absolute atomic E-state index is 14.2. The predicted octanol–water partition coefficient (Wildman–Crippen LogP) is 3.62. The van der Waals surface area contributed by atoms with Crippen molar-refractivity contribution in [3.8, 4) is 5.75 Å². The number of carbonyl (C=O) groups is 1. The molecule has 0 saturated carbocycles. The molecule has 0 aromatic heterocycles. The Morgan fingerprint density at radius 2 is 2.11 bits per heavy atom. The average Bonchev–Trinajstić information content (AvgIpc) is 2.67. The lowest BCUT2D eigenvalue weighted by atomic mass is 9.86. The van der Waals surface area contributed by atoms with Crippen LogP contribution in [-0.2, 0) is 15.1 Å². The van der Waals surface area contributed by atoms with Gasteiger partial charge in [0.1, 0.15) is 17.3 Å². The molecule has 0 fully saturated rings. The SMILES string of the molecule is Nc1cc(C(N)/C2=N/C(C=O)(c3ccccc3Cl)CCCC(F)O2)ccc1O. The molecular formula is C20H21ClFN3O3. The number of benzene rings is 2. The molecule has 0 amide bonds. The monoisotopic (exact) mass is 405 g/mol. The zero-order valence-electron chi connectivity index (χ0n) is 15.0. The summed E-state index contributed by atoms with van der Waals surface area (Å²) in [6.45, 7) is 0. The first kappa shape index (κ1) is 20.1. The Bertz CT molecular complexity index is 908. The molecule has 1 aliphatic heterocycles. The van der Waals surface area contributed by atoms with Gasteiger partial charge in [0.05, 0.1) is 5.69 Å². The average molecular weight is 406 g/mol. The molecule has 2 aromatic rings. The highest BCUT2D eigenvalue weighted by Crippen LogP contribution is 2.37. The van der Waals surface area contributed by atoms with Crippen LogP contribution in [0.15, 0.2) is 47.5 Å². The minimum atomic E-state index is -1.60. The van der Waals surface area contributed by atoms with Crippen LogP contribution < -0.4 is 11.5 Å². The summed E-state index contributed by atoms with van der Waals surface area (Å²) in [6.07, 6.45) is -0.186. The van der Waals surface area contributed by atoms with Gasteiger partial charge < -0.3 is 26.1 Å². The van der Waals surface area contributed by atoms with Gasteiger partial charge in [-0.3, -0.25) is 0 Å². The van der Waals surface area contributed by atoms with Gasteiger partial charge in [-0.15, -0.1) is 0 Å². The molecular weight excluding hydrogens is 385 g/mol. The smallest absolute Gasteiger partial charge is 0.240 e. The number of aldehydes is 1. The second kappa shape index (κ2) is 8.16. The van der Waals surface area contributed by atoms with Crippen LogP contribution in [0.1, 0.15) is 36.4 Å². The van der Waals surface area contributed by atoms with Gasteiger partial charge in [-0.2, -0.15) is 0 Å². The molecule has 6 nitrogen and oxygen atoms in total. The summed E-state index contributed by atoms with van der Waals surface area (Å²) in [5.41, 5.74) is 11.7. The number of aliphatic imine (C=N–C) groups is 1. The number of phenols is 1. The van der Waals surface area contributed by atoms with Crippen LogP contribution in [-0.4, -0.2) is 23.6 Å². The minimum Gasteiger partial charge on any atom is -0.506 e. The van der Waals surface area contributed by atoms with Crippen molar-refractivity contribution in [3.63, 3.8) is 0 Å². The highest BCUT2D eigenvalue weighted by Gasteiger charge is 2.37. The molecule has 28 heavy (non-hydrogen) atoms. The van der Waals surface area contributed by atoms with Gasteiger partial charge >= 0.3 is 0 Å². The van der Waals surface area contributed by atoms with E-state index in [2.05, 4.69) is 4.99 Å². The third-order valence-corrected chi connectivity index (χ3v) is 5.09. The summed E-state index contributed by atoms with van der Waals surface area (Å²) >= 11 is 6.31. The first-order valence-corrected chi connectivity index (χ1v) is 9.20. The molecule has 0 saturated heterocycles. The van der Waals surface area contributed by atoms with E-state index in [-0.39, 0.29) is 30.2 Å². The molecule has 1 aliphatic rings. The highest BCUT2D eigenvalue weighted by molar-refractivity contribution is 6.31. The van der Waals surface area contributed by atoms with Gasteiger partial charge in [-0.05, 0) is 36.6 Å². The number of ether oxygens (including phenoxy) is 1. The maximum atomic E-state index is 14.2. The van der Waals surface area contributed by atoms with Crippen molar-refractivity contribution < 1.29 is 19.0 Å². The van der Waals surface area contributed by atoms with E-state index in [4.69, 9.17) is 27.8 Å². The number of alkyl halides is 1. The summed E-state index contributed by atoms with van der Waals surface area (Å²) in [5, 5.41) is 9.98. The lowest BCUT2D eigenvalue weighted by Crippen LogP contribution is -2.35. The van der Waals surface area contributed by atoms with Crippen LogP contribution in [0.25, 0.3) is 0 Å². The Labute approximate surface area is 167 Å². The van der Waals surface area contributed by atoms with E-state index < -0.39 is 17.9 Å². The lowest BCUT2D eigenvalue weighted by molar-refractivity contribution is -0.113. The fourth-order valence-corrected chi connectivity index (χ4v) is 3.51. The van der Waals surface area contributed by atoms with Crippen molar-refractivity contribution >= 4 is 29.5 Å². The van der Waals surface area contributed by atoms with Gasteiger partial charge in [0.2, 0.25) is 12.3 Å². The molecule has 5 N–H and O–H groups in total. The summed E-state index contributed by atoms with van der Waals surface area (Å²) in [7, 11) is 0. The number of rotatable bonds is 4. The fourth-order valence-electron chi connectivity index (χ4n) is 3.21. The van der Waals surface area contributed by atoms with Crippen molar-refractivity contribution in [2.24, 2.45) is 10.7 Å². The Balaban J connectivity index is 2.11. The zero-order valence-corrected chi connectivity index (χ0v) is 15.8. The molecule has 0 aliphatic carbocycles. The summed E-state index contributed by atoms with van der Waals surface area (Å²) in [5.74, 6) is -0.234. The van der Waals surface area contributed by atoms with E-state index >= 15 is 0 Å². The van der Waals surface area contributed by atoms with Crippen LogP contribution in [0.4, 0.5) is 10.1 Å². The quantitative estimate of drug-likeness (QED) is 0.408. The van der Waals surface area contributed by atoms with E-state index in [1.807, 2.05) is 0 Å². The van der Waals surface area contributed by atoms with Crippen molar-refractivity contribution in [3.05, 3.63) is 58.6 Å². The largest absolute Gasteiger partial charge is 0.506 e. The second-order valence-corrected chi connectivity index (χ2v) is 7.10. The number of aromatic hydroxyl groups is 1. The van der Waals surface area contributed by atoms with Crippen molar-refractivity contribution in [1.82, 2.24) is 0 Å². The molecule has 3 unspecified atom stereocenters. The summed E-state index contributed by atoms with van der Waals surface area (Å²) in [6, 6.07) is 10.2. The first-order valence-electron chi connectivity index (χ1n) is 8.82. The molecule has 0 spiro atoms. The van der Waals surface area contributed by atoms with Gasteiger partial charge in [-0.1, -0.05) is 35.9 Å². The van der Waals surface area contributed by atoms with Gasteiger partial charge in [0.15, 0.2) is 6.29 Å².